The molecule has 0 aliphatic carbocycles. The van der Waals surface area contributed by atoms with Gasteiger partial charge in [0.2, 0.25) is 0 Å². The minimum Gasteiger partial charge on any atom is -0.377 e. The maximum atomic E-state index is 5.76. The highest BCUT2D eigenvalue weighted by Crippen LogP contribution is 2.22. The summed E-state index contributed by atoms with van der Waals surface area (Å²) in [5.41, 5.74) is 2.23. The van der Waals surface area contributed by atoms with Crippen LogP contribution in [0.15, 0.2) is 47.5 Å². The van der Waals surface area contributed by atoms with Crippen molar-refractivity contribution < 1.29 is 0 Å². The third-order valence-electron chi connectivity index (χ3n) is 2.73. The topological polar surface area (TPSA) is 24.9 Å². The lowest BCUT2D eigenvalue weighted by Gasteiger charge is -2.15. The smallest absolute Gasteiger partial charge is 0.129 e. The Labute approximate surface area is 117 Å². The van der Waals surface area contributed by atoms with Crippen LogP contribution in [0.25, 0.3) is 0 Å². The molecular weight excluding hydrogens is 264 g/mol. The quantitative estimate of drug-likeness (QED) is 0.652. The molecule has 2 rings (SSSR count). The number of hydrogen-bond acceptors (Lipinski definition) is 3. The number of aromatic nitrogens is 1. The van der Waals surface area contributed by atoms with E-state index in [9.17, 15) is 0 Å². The van der Waals surface area contributed by atoms with Gasteiger partial charge in [-0.25, -0.2) is 4.98 Å². The summed E-state index contributed by atoms with van der Waals surface area (Å²) in [6.45, 7) is 2.13. The zero-order chi connectivity index (χ0) is 13.0. The Morgan fingerprint density at radius 3 is 2.44 bits per heavy atom. The molecule has 1 N–H and O–H groups in total. The molecule has 1 atom stereocenters. The normalized spacial score (nSPS) is 12.2. The van der Waals surface area contributed by atoms with Crippen LogP contribution < -0.4 is 5.32 Å². The van der Waals surface area contributed by atoms with Gasteiger partial charge in [-0.2, -0.15) is 0 Å². The van der Waals surface area contributed by atoms with Gasteiger partial charge in [0.15, 0.2) is 0 Å². The zero-order valence-electron chi connectivity index (χ0n) is 10.4. The van der Waals surface area contributed by atoms with Crippen molar-refractivity contribution in [3.05, 3.63) is 53.3 Å². The lowest BCUT2D eigenvalue weighted by Crippen LogP contribution is -2.06. The van der Waals surface area contributed by atoms with E-state index in [1.54, 1.807) is 24.0 Å². The number of hydrogen-bond donors (Lipinski definition) is 1. The Kier molecular flexibility index (Phi) is 4.50. The Balaban J connectivity index is 2.06. The molecule has 4 heteroatoms. The van der Waals surface area contributed by atoms with Gasteiger partial charge >= 0.3 is 0 Å². The van der Waals surface area contributed by atoms with Gasteiger partial charge in [-0.1, -0.05) is 23.7 Å². The second kappa shape index (κ2) is 6.12. The van der Waals surface area contributed by atoms with E-state index in [4.69, 9.17) is 11.6 Å². The van der Waals surface area contributed by atoms with Crippen molar-refractivity contribution in [3.63, 3.8) is 0 Å². The van der Waals surface area contributed by atoms with Crippen LogP contribution in [0, 0.1) is 0 Å². The molecule has 2 nitrogen and oxygen atoms in total. The first-order valence-electron chi connectivity index (χ1n) is 5.71. The fourth-order valence-electron chi connectivity index (χ4n) is 1.69. The Morgan fingerprint density at radius 2 is 1.89 bits per heavy atom. The summed E-state index contributed by atoms with van der Waals surface area (Å²) in [6.07, 6.45) is 3.82. The number of anilines is 1. The van der Waals surface area contributed by atoms with Crippen molar-refractivity contribution in [3.8, 4) is 0 Å². The first-order valence-corrected chi connectivity index (χ1v) is 7.31. The Hall–Kier alpha value is -1.19. The molecule has 0 fully saturated rings. The van der Waals surface area contributed by atoms with Gasteiger partial charge < -0.3 is 5.32 Å². The van der Waals surface area contributed by atoms with Gasteiger partial charge in [0.05, 0.1) is 11.9 Å². The van der Waals surface area contributed by atoms with Crippen molar-refractivity contribution in [2.24, 2.45) is 0 Å². The molecule has 0 spiro atoms. The van der Waals surface area contributed by atoms with E-state index in [0.29, 0.717) is 5.15 Å². The fourth-order valence-corrected chi connectivity index (χ4v) is 2.21. The third-order valence-corrected chi connectivity index (χ3v) is 3.69. The molecule has 1 heterocycles. The summed E-state index contributed by atoms with van der Waals surface area (Å²) >= 11 is 7.51. The number of benzene rings is 1. The van der Waals surface area contributed by atoms with E-state index in [0.717, 1.165) is 5.69 Å². The monoisotopic (exact) mass is 278 g/mol. The molecule has 0 radical (unpaired) electrons. The standard InChI is InChI=1S/C14H15ClN2S/c1-10(11-3-6-13(18-2)7-4-11)17-12-5-8-14(15)16-9-12/h3-10,17H,1-2H3. The van der Waals surface area contributed by atoms with Gasteiger partial charge in [0.1, 0.15) is 5.15 Å². The van der Waals surface area contributed by atoms with Crippen LogP contribution in [-0.4, -0.2) is 11.2 Å². The Morgan fingerprint density at radius 1 is 1.17 bits per heavy atom. The van der Waals surface area contributed by atoms with E-state index in [2.05, 4.69) is 47.7 Å². The van der Waals surface area contributed by atoms with E-state index >= 15 is 0 Å². The van der Waals surface area contributed by atoms with Crippen LogP contribution in [0.2, 0.25) is 5.15 Å². The third kappa shape index (κ3) is 3.40. The van der Waals surface area contributed by atoms with Crippen molar-refractivity contribution in [1.29, 1.82) is 0 Å². The lowest BCUT2D eigenvalue weighted by atomic mass is 10.1. The van der Waals surface area contributed by atoms with Gasteiger partial charge in [0.25, 0.3) is 0 Å². The molecule has 1 aromatic carbocycles. The number of halogens is 1. The number of pyridine rings is 1. The average Bonchev–Trinajstić information content (AvgIpc) is 2.41. The van der Waals surface area contributed by atoms with E-state index < -0.39 is 0 Å². The van der Waals surface area contributed by atoms with Crippen LogP contribution in [0.1, 0.15) is 18.5 Å². The van der Waals surface area contributed by atoms with E-state index in [-0.39, 0.29) is 6.04 Å². The zero-order valence-corrected chi connectivity index (χ0v) is 11.9. The predicted octanol–water partition coefficient (Wildman–Crippen LogP) is 4.63. The van der Waals surface area contributed by atoms with Crippen molar-refractivity contribution >= 4 is 29.1 Å². The highest BCUT2D eigenvalue weighted by atomic mass is 35.5. The molecule has 18 heavy (non-hydrogen) atoms. The molecule has 1 unspecified atom stereocenters. The molecule has 2 aromatic rings. The molecule has 0 aliphatic heterocycles. The lowest BCUT2D eigenvalue weighted by molar-refractivity contribution is 0.881. The summed E-state index contributed by atoms with van der Waals surface area (Å²) in [5.74, 6) is 0. The summed E-state index contributed by atoms with van der Waals surface area (Å²) in [7, 11) is 0. The first kappa shape index (κ1) is 13.2. The fraction of sp³-hybridized carbons (Fsp3) is 0.214. The molecule has 0 amide bonds. The van der Waals surface area contributed by atoms with Crippen LogP contribution in [-0.2, 0) is 0 Å². The van der Waals surface area contributed by atoms with Crippen LogP contribution in [0.3, 0.4) is 0 Å². The first-order chi connectivity index (χ1) is 8.69. The second-order valence-electron chi connectivity index (χ2n) is 4.01. The summed E-state index contributed by atoms with van der Waals surface area (Å²) < 4.78 is 0. The predicted molar refractivity (Wildman–Crippen MR) is 79.5 cm³/mol. The Bertz CT molecular complexity index is 496. The molecular formula is C14H15ClN2S. The van der Waals surface area contributed by atoms with Gasteiger partial charge in [-0.15, -0.1) is 11.8 Å². The molecule has 0 aliphatic rings. The van der Waals surface area contributed by atoms with Crippen LogP contribution in [0.5, 0.6) is 0 Å². The maximum absolute atomic E-state index is 5.76. The molecule has 94 valence electrons. The summed E-state index contributed by atoms with van der Waals surface area (Å²) in [4.78, 5) is 5.33. The van der Waals surface area contributed by atoms with Gasteiger partial charge in [-0.05, 0) is 43.0 Å². The van der Waals surface area contributed by atoms with Crippen LogP contribution >= 0.6 is 23.4 Å². The minimum atomic E-state index is 0.240. The van der Waals surface area contributed by atoms with Crippen molar-refractivity contribution in [2.75, 3.05) is 11.6 Å². The van der Waals surface area contributed by atoms with Crippen molar-refractivity contribution in [1.82, 2.24) is 4.98 Å². The maximum Gasteiger partial charge on any atom is 0.129 e. The second-order valence-corrected chi connectivity index (χ2v) is 5.28. The average molecular weight is 279 g/mol. The largest absolute Gasteiger partial charge is 0.377 e. The van der Waals surface area contributed by atoms with E-state index in [1.165, 1.54) is 10.5 Å². The molecule has 0 bridgehead atoms. The molecule has 0 saturated carbocycles. The van der Waals surface area contributed by atoms with E-state index in [1.807, 2.05) is 6.07 Å². The highest BCUT2D eigenvalue weighted by Gasteiger charge is 2.05. The van der Waals surface area contributed by atoms with Gasteiger partial charge in [-0.3, -0.25) is 0 Å². The minimum absolute atomic E-state index is 0.240. The highest BCUT2D eigenvalue weighted by molar-refractivity contribution is 7.98. The number of rotatable bonds is 4. The van der Waals surface area contributed by atoms with Crippen molar-refractivity contribution in [2.45, 2.75) is 17.9 Å². The SMILES string of the molecule is CSc1ccc(C(C)Nc2ccc(Cl)nc2)cc1. The molecule has 0 saturated heterocycles. The number of nitrogens with zero attached hydrogens (tertiary/aromatic N) is 1. The van der Waals surface area contributed by atoms with Gasteiger partial charge in [0, 0.05) is 10.9 Å². The summed E-state index contributed by atoms with van der Waals surface area (Å²) in [5, 5.41) is 3.91. The van der Waals surface area contributed by atoms with Crippen LogP contribution in [0.4, 0.5) is 5.69 Å². The summed E-state index contributed by atoms with van der Waals surface area (Å²) in [6, 6.07) is 12.5. The number of thioether (sulfide) groups is 1. The number of nitrogens with one attached hydrogen (secondary N) is 1. The molecule has 1 aromatic heterocycles.